The van der Waals surface area contributed by atoms with Gasteiger partial charge in [0.1, 0.15) is 5.76 Å². The summed E-state index contributed by atoms with van der Waals surface area (Å²) >= 11 is 0. The lowest BCUT2D eigenvalue weighted by molar-refractivity contribution is 0.216. The van der Waals surface area contributed by atoms with Gasteiger partial charge in [0.05, 0.1) is 17.2 Å². The third-order valence-electron chi connectivity index (χ3n) is 4.80. The zero-order valence-corrected chi connectivity index (χ0v) is 16.3. The summed E-state index contributed by atoms with van der Waals surface area (Å²) < 4.78 is 33.7. The highest BCUT2D eigenvalue weighted by Crippen LogP contribution is 2.25. The molecule has 1 aliphatic heterocycles. The molecule has 0 spiro atoms. The minimum atomic E-state index is -3.54. The van der Waals surface area contributed by atoms with Gasteiger partial charge in [0.15, 0.2) is 0 Å². The summed E-state index contributed by atoms with van der Waals surface area (Å²) in [5, 5.41) is 0. The van der Waals surface area contributed by atoms with Crippen LogP contribution >= 0.6 is 0 Å². The lowest BCUT2D eigenvalue weighted by Gasteiger charge is -2.26. The van der Waals surface area contributed by atoms with Crippen LogP contribution in [0.25, 0.3) is 0 Å². The molecule has 3 rings (SSSR count). The van der Waals surface area contributed by atoms with Crippen molar-refractivity contribution in [2.24, 2.45) is 5.92 Å². The summed E-state index contributed by atoms with van der Waals surface area (Å²) in [4.78, 5) is 2.59. The molecule has 142 valence electrons. The van der Waals surface area contributed by atoms with Crippen molar-refractivity contribution in [2.45, 2.75) is 44.0 Å². The first-order valence-electron chi connectivity index (χ1n) is 9.32. The summed E-state index contributed by atoms with van der Waals surface area (Å²) in [6.07, 6.45) is 4.87. The van der Waals surface area contributed by atoms with Crippen LogP contribution in [-0.4, -0.2) is 33.0 Å². The molecule has 1 fully saturated rings. The number of hydrogen-bond acceptors (Lipinski definition) is 4. The van der Waals surface area contributed by atoms with Gasteiger partial charge >= 0.3 is 0 Å². The van der Waals surface area contributed by atoms with Crippen molar-refractivity contribution in [3.63, 3.8) is 0 Å². The van der Waals surface area contributed by atoms with E-state index in [4.69, 9.17) is 4.42 Å². The summed E-state index contributed by atoms with van der Waals surface area (Å²) in [5.74, 6) is 1.35. The van der Waals surface area contributed by atoms with Gasteiger partial charge in [-0.2, -0.15) is 0 Å². The van der Waals surface area contributed by atoms with Gasteiger partial charge in [-0.1, -0.05) is 26.0 Å². The van der Waals surface area contributed by atoms with Gasteiger partial charge in [-0.25, -0.2) is 13.1 Å². The quantitative estimate of drug-likeness (QED) is 0.765. The third kappa shape index (κ3) is 4.75. The Bertz CT molecular complexity index is 777. The van der Waals surface area contributed by atoms with Crippen molar-refractivity contribution in [2.75, 3.05) is 19.6 Å². The molecule has 1 atom stereocenters. The Morgan fingerprint density at radius 1 is 1.12 bits per heavy atom. The number of sulfonamides is 1. The minimum absolute atomic E-state index is 0.0671. The number of hydrogen-bond donors (Lipinski definition) is 1. The number of nitrogens with one attached hydrogen (secondary N) is 1. The number of furan rings is 1. The molecule has 2 aromatic rings. The van der Waals surface area contributed by atoms with Crippen molar-refractivity contribution < 1.29 is 12.8 Å². The molecular weight excluding hydrogens is 348 g/mol. The lowest BCUT2D eigenvalue weighted by atomic mass is 10.0. The van der Waals surface area contributed by atoms with Crippen LogP contribution in [0.1, 0.15) is 44.1 Å². The highest BCUT2D eigenvalue weighted by molar-refractivity contribution is 7.89. The average molecular weight is 377 g/mol. The Balaban J connectivity index is 1.69. The first kappa shape index (κ1) is 19.1. The van der Waals surface area contributed by atoms with Gasteiger partial charge in [-0.05, 0) is 68.1 Å². The molecule has 5 nitrogen and oxygen atoms in total. The Hall–Kier alpha value is -1.63. The Morgan fingerprint density at radius 2 is 1.81 bits per heavy atom. The molecule has 0 bridgehead atoms. The van der Waals surface area contributed by atoms with Gasteiger partial charge in [0, 0.05) is 6.54 Å². The molecule has 2 heterocycles. The van der Waals surface area contributed by atoms with E-state index >= 15 is 0 Å². The number of nitrogens with zero attached hydrogens (tertiary/aromatic N) is 1. The predicted molar refractivity (Wildman–Crippen MR) is 102 cm³/mol. The van der Waals surface area contributed by atoms with E-state index in [2.05, 4.69) is 23.5 Å². The number of rotatable bonds is 8. The van der Waals surface area contributed by atoms with Crippen molar-refractivity contribution >= 4 is 10.0 Å². The molecule has 0 saturated carbocycles. The van der Waals surface area contributed by atoms with Crippen LogP contribution in [0, 0.1) is 5.92 Å². The molecule has 0 radical (unpaired) electrons. The van der Waals surface area contributed by atoms with E-state index in [0.717, 1.165) is 43.7 Å². The summed E-state index contributed by atoms with van der Waals surface area (Å²) in [6, 6.07) is 10.9. The largest absolute Gasteiger partial charge is 0.468 e. The summed E-state index contributed by atoms with van der Waals surface area (Å²) in [7, 11) is -3.54. The van der Waals surface area contributed by atoms with Crippen molar-refractivity contribution in [1.29, 1.82) is 0 Å². The molecule has 0 aliphatic carbocycles. The Morgan fingerprint density at radius 3 is 2.38 bits per heavy atom. The van der Waals surface area contributed by atoms with Gasteiger partial charge in [-0.3, -0.25) is 4.90 Å². The zero-order valence-electron chi connectivity index (χ0n) is 15.5. The Kier molecular flexibility index (Phi) is 6.16. The molecule has 1 N–H and O–H groups in total. The smallest absolute Gasteiger partial charge is 0.240 e. The molecule has 6 heteroatoms. The fourth-order valence-corrected chi connectivity index (χ4v) is 4.53. The van der Waals surface area contributed by atoms with E-state index in [9.17, 15) is 8.42 Å². The van der Waals surface area contributed by atoms with Gasteiger partial charge in [0.25, 0.3) is 0 Å². The molecular formula is C20H28N2O3S. The van der Waals surface area contributed by atoms with Crippen molar-refractivity contribution in [3.05, 3.63) is 54.0 Å². The molecule has 1 aromatic carbocycles. The maximum Gasteiger partial charge on any atom is 0.240 e. The molecule has 1 unspecified atom stereocenters. The highest BCUT2D eigenvalue weighted by Gasteiger charge is 2.27. The second-order valence-electron chi connectivity index (χ2n) is 7.37. The average Bonchev–Trinajstić information content (AvgIpc) is 3.29. The summed E-state index contributed by atoms with van der Waals surface area (Å²) in [6.45, 7) is 6.55. The van der Waals surface area contributed by atoms with Gasteiger partial charge in [0.2, 0.25) is 10.0 Å². The molecule has 1 aliphatic rings. The van der Waals surface area contributed by atoms with Gasteiger partial charge < -0.3 is 4.42 Å². The van der Waals surface area contributed by atoms with E-state index in [-0.39, 0.29) is 6.04 Å². The maximum atomic E-state index is 12.7. The minimum Gasteiger partial charge on any atom is -0.468 e. The van der Waals surface area contributed by atoms with E-state index in [1.54, 1.807) is 18.4 Å². The first-order chi connectivity index (χ1) is 12.5. The zero-order chi connectivity index (χ0) is 18.6. The molecule has 1 saturated heterocycles. The van der Waals surface area contributed by atoms with Gasteiger partial charge in [-0.15, -0.1) is 0 Å². The molecule has 0 amide bonds. The first-order valence-corrected chi connectivity index (χ1v) is 10.8. The van der Waals surface area contributed by atoms with Crippen LogP contribution in [0.15, 0.2) is 52.0 Å². The number of likely N-dealkylation sites (tertiary alicyclic amines) is 1. The van der Waals surface area contributed by atoms with Crippen molar-refractivity contribution in [3.8, 4) is 0 Å². The van der Waals surface area contributed by atoms with Crippen LogP contribution < -0.4 is 4.72 Å². The van der Waals surface area contributed by atoms with Crippen molar-refractivity contribution in [1.82, 2.24) is 9.62 Å². The lowest BCUT2D eigenvalue weighted by Crippen LogP contribution is -2.36. The highest BCUT2D eigenvalue weighted by atomic mass is 32.2. The topological polar surface area (TPSA) is 62.6 Å². The predicted octanol–water partition coefficient (Wildman–Crippen LogP) is 3.59. The molecule has 26 heavy (non-hydrogen) atoms. The second kappa shape index (κ2) is 8.37. The third-order valence-corrected chi connectivity index (χ3v) is 6.24. The van der Waals surface area contributed by atoms with Crippen LogP contribution in [-0.2, 0) is 16.4 Å². The normalized spacial score (nSPS) is 17.0. The Labute approximate surface area is 156 Å². The van der Waals surface area contributed by atoms with E-state index in [1.165, 1.54) is 0 Å². The van der Waals surface area contributed by atoms with E-state index in [1.807, 2.05) is 24.3 Å². The molecule has 1 aromatic heterocycles. The second-order valence-corrected chi connectivity index (χ2v) is 9.14. The fourth-order valence-electron chi connectivity index (χ4n) is 3.49. The fraction of sp³-hybridized carbons (Fsp3) is 0.500. The van der Waals surface area contributed by atoms with Crippen LogP contribution in [0.5, 0.6) is 0 Å². The standard InChI is InChI=1S/C20H28N2O3S/c1-16(2)14-17-7-9-18(10-8-17)26(23,24)21-15-19(20-6-5-13-25-20)22-11-3-4-12-22/h5-10,13,16,19,21H,3-4,11-12,14-15H2,1-2H3. The number of benzene rings is 1. The van der Waals surface area contributed by atoms with Crippen LogP contribution in [0.2, 0.25) is 0 Å². The van der Waals surface area contributed by atoms with E-state index < -0.39 is 10.0 Å². The maximum absolute atomic E-state index is 12.7. The SMILES string of the molecule is CC(C)Cc1ccc(S(=O)(=O)NCC(c2ccco2)N2CCCC2)cc1. The van der Waals surface area contributed by atoms with Crippen LogP contribution in [0.4, 0.5) is 0 Å². The van der Waals surface area contributed by atoms with Crippen LogP contribution in [0.3, 0.4) is 0 Å². The van der Waals surface area contributed by atoms with E-state index in [0.29, 0.717) is 17.4 Å². The summed E-state index contributed by atoms with van der Waals surface area (Å²) in [5.41, 5.74) is 1.16. The monoisotopic (exact) mass is 376 g/mol.